The number of benzene rings is 9. The van der Waals surface area contributed by atoms with Crippen LogP contribution in [0.15, 0.2) is 200 Å². The summed E-state index contributed by atoms with van der Waals surface area (Å²) < 4.78 is 2.65. The molecule has 0 atom stereocenters. The highest BCUT2D eigenvalue weighted by Crippen LogP contribution is 2.53. The van der Waals surface area contributed by atoms with Crippen LogP contribution < -0.4 is 4.90 Å². The summed E-state index contributed by atoms with van der Waals surface area (Å²) in [7, 11) is 0. The predicted octanol–water partition coefficient (Wildman–Crippen LogP) is 17.1. The number of anilines is 3. The molecule has 12 rings (SSSR count). The normalized spacial score (nSPS) is 14.1. The molecule has 0 spiro atoms. The molecule has 0 amide bonds. The van der Waals surface area contributed by atoms with E-state index in [1.54, 1.807) is 0 Å². The first kappa shape index (κ1) is 36.8. The zero-order chi connectivity index (χ0) is 41.7. The lowest BCUT2D eigenvalue weighted by atomic mass is 9.79. The second-order valence-corrected chi connectivity index (χ2v) is 19.2. The third kappa shape index (κ3) is 5.53. The first-order valence-electron chi connectivity index (χ1n) is 21.8. The average molecular weight is 812 g/mol. The lowest BCUT2D eigenvalue weighted by molar-refractivity contribution is 0.660. The van der Waals surface area contributed by atoms with Gasteiger partial charge in [0.25, 0.3) is 0 Å². The van der Waals surface area contributed by atoms with E-state index in [0.717, 1.165) is 17.1 Å². The van der Waals surface area contributed by atoms with E-state index in [-0.39, 0.29) is 10.8 Å². The molecule has 9 aromatic carbocycles. The summed E-state index contributed by atoms with van der Waals surface area (Å²) in [6.07, 6.45) is 0. The highest BCUT2D eigenvalue weighted by atomic mass is 32.1. The number of fused-ring (bicyclic) bond motifs is 9. The van der Waals surface area contributed by atoms with Crippen molar-refractivity contribution in [2.45, 2.75) is 38.5 Å². The minimum atomic E-state index is -0.115. The largest absolute Gasteiger partial charge is 0.310 e. The standard InChI is InChI=1S/C60H45NS/c1-59(2)52-22-8-5-16-47(52)49-35-30-40(37-54(49)59)38-26-31-42(32-27-38)61(43-33-28-39(29-34-43)45-19-13-25-56-57(45)51-18-7-10-24-55(51)62-56)44-15-11-14-41(36-44)46-20-12-21-50-48-17-6-9-23-53(48)60(3,4)58(46)50/h5-37H,1-4H3. The van der Waals surface area contributed by atoms with Crippen LogP contribution in [0.4, 0.5) is 17.1 Å². The molecule has 0 N–H and O–H groups in total. The van der Waals surface area contributed by atoms with Gasteiger partial charge in [-0.1, -0.05) is 173 Å². The highest BCUT2D eigenvalue weighted by Gasteiger charge is 2.38. The van der Waals surface area contributed by atoms with Crippen molar-refractivity contribution in [3.63, 3.8) is 0 Å². The average Bonchev–Trinajstić information content (AvgIpc) is 3.89. The van der Waals surface area contributed by atoms with Crippen molar-refractivity contribution in [2.75, 3.05) is 4.90 Å². The van der Waals surface area contributed by atoms with Crippen LogP contribution in [0.25, 0.3) is 75.8 Å². The smallest absolute Gasteiger partial charge is 0.0467 e. The summed E-state index contributed by atoms with van der Waals surface area (Å²) >= 11 is 1.87. The molecule has 0 fully saturated rings. The van der Waals surface area contributed by atoms with E-state index in [1.807, 2.05) is 11.3 Å². The first-order valence-corrected chi connectivity index (χ1v) is 22.6. The van der Waals surface area contributed by atoms with E-state index in [0.29, 0.717) is 0 Å². The number of nitrogens with zero attached hydrogens (tertiary/aromatic N) is 1. The van der Waals surface area contributed by atoms with Crippen LogP contribution in [-0.4, -0.2) is 0 Å². The molecule has 2 aliphatic rings. The van der Waals surface area contributed by atoms with Gasteiger partial charge in [0.1, 0.15) is 0 Å². The summed E-state index contributed by atoms with van der Waals surface area (Å²) in [6, 6.07) is 74.7. The Balaban J connectivity index is 0.969. The molecule has 1 nitrogen and oxygen atoms in total. The molecule has 0 aliphatic heterocycles. The molecule has 296 valence electrons. The van der Waals surface area contributed by atoms with Gasteiger partial charge in [-0.3, -0.25) is 0 Å². The third-order valence-corrected chi connectivity index (χ3v) is 15.0. The van der Waals surface area contributed by atoms with Gasteiger partial charge in [0.15, 0.2) is 0 Å². The summed E-state index contributed by atoms with van der Waals surface area (Å²) in [5.41, 5.74) is 21.6. The number of thiophene rings is 1. The maximum Gasteiger partial charge on any atom is 0.0467 e. The van der Waals surface area contributed by atoms with Gasteiger partial charge in [0, 0.05) is 48.1 Å². The molecule has 0 unspecified atom stereocenters. The lowest BCUT2D eigenvalue weighted by Crippen LogP contribution is -2.16. The highest BCUT2D eigenvalue weighted by molar-refractivity contribution is 7.25. The molecule has 0 bridgehead atoms. The van der Waals surface area contributed by atoms with Crippen molar-refractivity contribution < 1.29 is 0 Å². The minimum Gasteiger partial charge on any atom is -0.310 e. The van der Waals surface area contributed by atoms with E-state index < -0.39 is 0 Å². The van der Waals surface area contributed by atoms with Gasteiger partial charge in [0.2, 0.25) is 0 Å². The summed E-state index contributed by atoms with van der Waals surface area (Å²) in [5.74, 6) is 0. The van der Waals surface area contributed by atoms with Gasteiger partial charge >= 0.3 is 0 Å². The SMILES string of the molecule is CC1(C)c2ccccc2-c2ccc(-c3ccc(N(c4ccc(-c5cccc6sc7ccccc7c56)cc4)c4cccc(-c5cccc6c5C(C)(C)c5ccccc5-6)c4)cc3)cc21. The second-order valence-electron chi connectivity index (χ2n) is 18.1. The van der Waals surface area contributed by atoms with Gasteiger partial charge in [-0.2, -0.15) is 0 Å². The Hall–Kier alpha value is -7.00. The summed E-state index contributed by atoms with van der Waals surface area (Å²) in [4.78, 5) is 2.42. The first-order chi connectivity index (χ1) is 30.3. The summed E-state index contributed by atoms with van der Waals surface area (Å²) in [6.45, 7) is 9.46. The Labute approximate surface area is 368 Å². The Morgan fingerprint density at radius 1 is 0.339 bits per heavy atom. The molecule has 2 aliphatic carbocycles. The second kappa shape index (κ2) is 13.8. The van der Waals surface area contributed by atoms with E-state index in [1.165, 1.54) is 98.1 Å². The monoisotopic (exact) mass is 811 g/mol. The third-order valence-electron chi connectivity index (χ3n) is 13.9. The van der Waals surface area contributed by atoms with Crippen molar-refractivity contribution in [3.8, 4) is 55.6 Å². The van der Waals surface area contributed by atoms with E-state index >= 15 is 0 Å². The van der Waals surface area contributed by atoms with Crippen molar-refractivity contribution in [2.24, 2.45) is 0 Å². The number of rotatable bonds is 6. The Morgan fingerprint density at radius 2 is 0.887 bits per heavy atom. The van der Waals surface area contributed by atoms with Gasteiger partial charge in [0.05, 0.1) is 0 Å². The van der Waals surface area contributed by atoms with Gasteiger partial charge < -0.3 is 4.90 Å². The topological polar surface area (TPSA) is 3.24 Å². The van der Waals surface area contributed by atoms with Crippen LogP contribution in [0.3, 0.4) is 0 Å². The van der Waals surface area contributed by atoms with Crippen LogP contribution in [0.1, 0.15) is 49.9 Å². The van der Waals surface area contributed by atoms with Crippen LogP contribution >= 0.6 is 11.3 Å². The molecule has 62 heavy (non-hydrogen) atoms. The van der Waals surface area contributed by atoms with Crippen molar-refractivity contribution >= 4 is 48.6 Å². The maximum absolute atomic E-state index is 2.42. The molecule has 10 aromatic rings. The molecule has 0 saturated heterocycles. The molecular formula is C60H45NS. The zero-order valence-corrected chi connectivity index (χ0v) is 36.2. The van der Waals surface area contributed by atoms with Crippen LogP contribution in [0, 0.1) is 0 Å². The van der Waals surface area contributed by atoms with Crippen LogP contribution in [-0.2, 0) is 10.8 Å². The zero-order valence-electron chi connectivity index (χ0n) is 35.4. The number of hydrogen-bond acceptors (Lipinski definition) is 2. The van der Waals surface area contributed by atoms with E-state index in [9.17, 15) is 0 Å². The summed E-state index contributed by atoms with van der Waals surface area (Å²) in [5, 5.41) is 2.65. The minimum absolute atomic E-state index is 0.0468. The van der Waals surface area contributed by atoms with Gasteiger partial charge in [-0.25, -0.2) is 0 Å². The lowest BCUT2D eigenvalue weighted by Gasteiger charge is -2.28. The Morgan fingerprint density at radius 3 is 1.66 bits per heavy atom. The fourth-order valence-electron chi connectivity index (χ4n) is 10.8. The molecule has 0 saturated carbocycles. The Bertz CT molecular complexity index is 3400. The van der Waals surface area contributed by atoms with Gasteiger partial charge in [-0.05, 0) is 132 Å². The molecule has 1 aromatic heterocycles. The van der Waals surface area contributed by atoms with Crippen molar-refractivity contribution in [1.29, 1.82) is 0 Å². The fourth-order valence-corrected chi connectivity index (χ4v) is 12.0. The van der Waals surface area contributed by atoms with E-state index in [2.05, 4.69) is 233 Å². The molecule has 2 heteroatoms. The van der Waals surface area contributed by atoms with Gasteiger partial charge in [-0.15, -0.1) is 11.3 Å². The van der Waals surface area contributed by atoms with Crippen molar-refractivity contribution in [3.05, 3.63) is 222 Å². The molecule has 1 heterocycles. The molecule has 0 radical (unpaired) electrons. The van der Waals surface area contributed by atoms with Crippen LogP contribution in [0.5, 0.6) is 0 Å². The Kier molecular flexibility index (Phi) is 8.17. The van der Waals surface area contributed by atoms with Crippen LogP contribution in [0.2, 0.25) is 0 Å². The quantitative estimate of drug-likeness (QED) is 0.162. The molecular weight excluding hydrogens is 767 g/mol. The number of hydrogen-bond donors (Lipinski definition) is 0. The van der Waals surface area contributed by atoms with E-state index in [4.69, 9.17) is 0 Å². The predicted molar refractivity (Wildman–Crippen MR) is 265 cm³/mol. The maximum atomic E-state index is 2.42. The fraction of sp³-hybridized carbons (Fsp3) is 0.100. The van der Waals surface area contributed by atoms with Crippen molar-refractivity contribution in [1.82, 2.24) is 0 Å².